The van der Waals surface area contributed by atoms with Crippen molar-refractivity contribution in [2.75, 3.05) is 6.61 Å². The molecule has 0 radical (unpaired) electrons. The van der Waals surface area contributed by atoms with Gasteiger partial charge in [0.1, 0.15) is 0 Å². The van der Waals surface area contributed by atoms with Gasteiger partial charge in [0.25, 0.3) is 28.4 Å². The Morgan fingerprint density at radius 2 is 1.19 bits per heavy atom. The molecule has 2 N–H and O–H groups in total. The first-order valence-electron chi connectivity index (χ1n) is 7.34. The highest BCUT2D eigenvalue weighted by molar-refractivity contribution is 7.88. The molecule has 20 heteroatoms. The van der Waals surface area contributed by atoms with Crippen LogP contribution >= 0.6 is 0 Å². The monoisotopic (exact) mass is 526 g/mol. The maximum atomic E-state index is 13.7. The lowest BCUT2D eigenvalue weighted by Crippen LogP contribution is -2.56. The molecule has 7 nitrogen and oxygen atoms in total. The fraction of sp³-hybridized carbons (Fsp3) is 0.833. The van der Waals surface area contributed by atoms with E-state index in [0.717, 1.165) is 0 Å². The van der Waals surface area contributed by atoms with Gasteiger partial charge in [-0.05, 0) is 0 Å². The molecule has 0 aromatic rings. The normalized spacial score (nSPS) is 17.9. The first kappa shape index (κ1) is 30.0. The molecule has 0 saturated carbocycles. The Labute approximate surface area is 169 Å². The Balaban J connectivity index is 6.33. The number of ether oxygens (including phenoxy) is 1. The van der Waals surface area contributed by atoms with E-state index in [2.05, 4.69) is 4.74 Å². The van der Waals surface area contributed by atoms with Crippen molar-refractivity contribution in [1.82, 2.24) is 0 Å². The SMILES string of the molecule is O=C(O)CC(CC(F)(F)C(F)C(F)(F)F)(C(=O)OCC(F)(F)C(F)C(F)(F)F)S(=O)(=O)O. The van der Waals surface area contributed by atoms with Gasteiger partial charge in [0.2, 0.25) is 4.75 Å². The highest BCUT2D eigenvalue weighted by Crippen LogP contribution is 2.44. The van der Waals surface area contributed by atoms with Crippen molar-refractivity contribution in [3.63, 3.8) is 0 Å². The zero-order chi connectivity index (χ0) is 26.1. The van der Waals surface area contributed by atoms with Crippen LogP contribution in [-0.2, 0) is 24.4 Å². The average Bonchev–Trinajstić information content (AvgIpc) is 2.54. The third-order valence-corrected chi connectivity index (χ3v) is 4.98. The number of esters is 1. The topological polar surface area (TPSA) is 118 Å². The van der Waals surface area contributed by atoms with E-state index in [9.17, 15) is 70.7 Å². The molecule has 0 heterocycles. The van der Waals surface area contributed by atoms with Crippen LogP contribution in [0.4, 0.5) is 52.7 Å². The molecule has 0 aliphatic heterocycles. The van der Waals surface area contributed by atoms with Crippen LogP contribution in [0, 0.1) is 0 Å². The molecule has 0 saturated heterocycles. The lowest BCUT2D eigenvalue weighted by Gasteiger charge is -2.33. The van der Waals surface area contributed by atoms with Gasteiger partial charge >= 0.3 is 30.2 Å². The number of carboxylic acids is 1. The molecule has 190 valence electrons. The fourth-order valence-corrected chi connectivity index (χ4v) is 3.00. The largest absolute Gasteiger partial charge is 0.481 e. The molecule has 0 bridgehead atoms. The number of carboxylic acid groups (broad SMARTS) is 1. The van der Waals surface area contributed by atoms with E-state index in [1.165, 1.54) is 0 Å². The van der Waals surface area contributed by atoms with Crippen molar-refractivity contribution in [1.29, 1.82) is 0 Å². The van der Waals surface area contributed by atoms with E-state index in [1.807, 2.05) is 0 Å². The molecule has 0 spiro atoms. The fourth-order valence-electron chi connectivity index (χ4n) is 2.05. The first-order chi connectivity index (χ1) is 13.8. The van der Waals surface area contributed by atoms with Crippen LogP contribution in [-0.4, -0.2) is 77.9 Å². The van der Waals surface area contributed by atoms with Crippen LogP contribution in [0.15, 0.2) is 0 Å². The summed E-state index contributed by atoms with van der Waals surface area (Å²) in [5.41, 5.74) is 0. The van der Waals surface area contributed by atoms with E-state index >= 15 is 0 Å². The smallest absolute Gasteiger partial charge is 0.425 e. The molecule has 0 aliphatic rings. The lowest BCUT2D eigenvalue weighted by molar-refractivity contribution is -0.255. The van der Waals surface area contributed by atoms with Gasteiger partial charge in [0, 0.05) is 6.42 Å². The molecule has 0 amide bonds. The summed E-state index contributed by atoms with van der Waals surface area (Å²) < 4.78 is 183. The van der Waals surface area contributed by atoms with E-state index in [4.69, 9.17) is 9.66 Å². The molecular weight excluding hydrogens is 516 g/mol. The summed E-state index contributed by atoms with van der Waals surface area (Å²) in [6.45, 7) is -3.09. The van der Waals surface area contributed by atoms with Crippen molar-refractivity contribution in [2.24, 2.45) is 0 Å². The summed E-state index contributed by atoms with van der Waals surface area (Å²) in [6, 6.07) is 0. The molecule has 32 heavy (non-hydrogen) atoms. The summed E-state index contributed by atoms with van der Waals surface area (Å²) in [6.07, 6.45) is -29.2. The van der Waals surface area contributed by atoms with Crippen molar-refractivity contribution in [3.8, 4) is 0 Å². The molecule has 3 atom stereocenters. The summed E-state index contributed by atoms with van der Waals surface area (Å²) in [7, 11) is -6.68. The summed E-state index contributed by atoms with van der Waals surface area (Å²) in [5.74, 6) is -17.7. The Hall–Kier alpha value is -1.99. The Bertz CT molecular complexity index is 806. The summed E-state index contributed by atoms with van der Waals surface area (Å²) in [5, 5.41) is 8.58. The van der Waals surface area contributed by atoms with E-state index in [0.29, 0.717) is 0 Å². The Kier molecular flexibility index (Phi) is 8.53. The van der Waals surface area contributed by atoms with Crippen molar-refractivity contribution < 1.29 is 85.1 Å². The molecule has 0 aromatic heterocycles. The highest BCUT2D eigenvalue weighted by atomic mass is 32.2. The van der Waals surface area contributed by atoms with Gasteiger partial charge in [-0.15, -0.1) is 0 Å². The third-order valence-electron chi connectivity index (χ3n) is 3.54. The van der Waals surface area contributed by atoms with Crippen LogP contribution in [0.3, 0.4) is 0 Å². The zero-order valence-electron chi connectivity index (χ0n) is 14.7. The maximum absolute atomic E-state index is 13.7. The second-order valence-electron chi connectivity index (χ2n) is 6.12. The number of aliphatic carboxylic acids is 1. The number of rotatable bonds is 10. The highest BCUT2D eigenvalue weighted by Gasteiger charge is 2.66. The number of hydrogen-bond donors (Lipinski definition) is 2. The van der Waals surface area contributed by atoms with Gasteiger partial charge in [-0.2, -0.15) is 43.5 Å². The number of hydrogen-bond acceptors (Lipinski definition) is 5. The minimum absolute atomic E-state index is 2.64. The van der Waals surface area contributed by atoms with Crippen LogP contribution in [0.25, 0.3) is 0 Å². The number of carbonyl (C=O) groups is 2. The van der Waals surface area contributed by atoms with Crippen molar-refractivity contribution >= 4 is 22.1 Å². The first-order valence-corrected chi connectivity index (χ1v) is 8.78. The van der Waals surface area contributed by atoms with E-state index in [-0.39, 0.29) is 0 Å². The third kappa shape index (κ3) is 7.01. The van der Waals surface area contributed by atoms with Gasteiger partial charge in [-0.25, -0.2) is 17.6 Å². The molecule has 0 aromatic carbocycles. The molecule has 0 rings (SSSR count). The predicted molar refractivity (Wildman–Crippen MR) is 73.9 cm³/mol. The number of carbonyl (C=O) groups excluding carboxylic acids is 1. The molecule has 3 unspecified atom stereocenters. The lowest BCUT2D eigenvalue weighted by atomic mass is 9.93. The summed E-state index contributed by atoms with van der Waals surface area (Å²) in [4.78, 5) is 22.6. The second kappa shape index (κ2) is 9.10. The van der Waals surface area contributed by atoms with Gasteiger partial charge < -0.3 is 9.84 Å². The summed E-state index contributed by atoms with van der Waals surface area (Å²) >= 11 is 0. The molecular formula is C12H10F12O7S. The van der Waals surface area contributed by atoms with Crippen LogP contribution in [0.1, 0.15) is 12.8 Å². The van der Waals surface area contributed by atoms with Crippen molar-refractivity contribution in [3.05, 3.63) is 0 Å². The predicted octanol–water partition coefficient (Wildman–Crippen LogP) is 3.09. The minimum atomic E-state index is -6.68. The van der Waals surface area contributed by atoms with Gasteiger partial charge in [-0.3, -0.25) is 14.1 Å². The maximum Gasteiger partial charge on any atom is 0.425 e. The minimum Gasteiger partial charge on any atom is -0.481 e. The van der Waals surface area contributed by atoms with Gasteiger partial charge in [0.15, 0.2) is 6.61 Å². The van der Waals surface area contributed by atoms with Crippen LogP contribution in [0.2, 0.25) is 0 Å². The molecule has 0 fully saturated rings. The average molecular weight is 526 g/mol. The Morgan fingerprint density at radius 1 is 0.812 bits per heavy atom. The number of halogens is 12. The Morgan fingerprint density at radius 3 is 1.50 bits per heavy atom. The number of alkyl halides is 12. The van der Waals surface area contributed by atoms with Crippen molar-refractivity contribution in [2.45, 2.75) is 54.1 Å². The van der Waals surface area contributed by atoms with Crippen LogP contribution in [0.5, 0.6) is 0 Å². The second-order valence-corrected chi connectivity index (χ2v) is 7.85. The van der Waals surface area contributed by atoms with Gasteiger partial charge in [-0.1, -0.05) is 0 Å². The zero-order valence-corrected chi connectivity index (χ0v) is 15.5. The van der Waals surface area contributed by atoms with E-state index in [1.54, 1.807) is 0 Å². The quantitative estimate of drug-likeness (QED) is 0.255. The molecule has 0 aliphatic carbocycles. The van der Waals surface area contributed by atoms with Gasteiger partial charge in [0.05, 0.1) is 6.42 Å². The van der Waals surface area contributed by atoms with E-state index < -0.39 is 82.8 Å². The van der Waals surface area contributed by atoms with Crippen LogP contribution < -0.4 is 0 Å². The standard InChI is InChI=1S/C12H10F12O7S/c13-5(11(19,20)21)9(15,16)2-8(1-4(25)26,32(28,29)30)7(27)31-3-10(17,18)6(14)12(22,23)24/h5-6H,1-3H2,(H,25,26)(H,28,29,30).